The van der Waals surface area contributed by atoms with E-state index in [1.807, 2.05) is 0 Å². The van der Waals surface area contributed by atoms with E-state index in [1.54, 1.807) is 22.7 Å². The maximum absolute atomic E-state index is 6.76. The third kappa shape index (κ3) is 5.11. The number of hydrogen-bond donors (Lipinski definition) is 0. The molecule has 0 bridgehead atoms. The molecule has 10 aromatic carbocycles. The maximum atomic E-state index is 6.76. The molecule has 4 aromatic heterocycles. The number of furan rings is 1. The smallest absolute Gasteiger partial charge is 0.164 e. The maximum Gasteiger partial charge on any atom is 0.164 e. The van der Waals surface area contributed by atoms with Gasteiger partial charge >= 0.3 is 0 Å². The van der Waals surface area contributed by atoms with Crippen molar-refractivity contribution in [1.82, 2.24) is 15.0 Å². The second-order valence-corrected chi connectivity index (χ2v) is 20.6. The molecule has 2 aliphatic carbocycles. The van der Waals surface area contributed by atoms with E-state index < -0.39 is 5.41 Å². The van der Waals surface area contributed by atoms with E-state index >= 15 is 0 Å². The SMILES string of the molecule is c1ccc2c(c1)-c1ccccc1C21c2ccccc2-c2c(-c3ccc4oc5cccc(-c6nc(-c7cccc8sc9ccccc9c78)nc(-c7cccc8sc9ccccc9c78)n6)c5c4c3)cccc21. The molecule has 0 fully saturated rings. The minimum Gasteiger partial charge on any atom is -0.456 e. The van der Waals surface area contributed by atoms with Crippen LogP contribution in [0, 0.1) is 0 Å². The largest absolute Gasteiger partial charge is 0.456 e. The van der Waals surface area contributed by atoms with E-state index in [1.165, 1.54) is 79.6 Å². The molecule has 0 saturated carbocycles. The Morgan fingerprint density at radius 2 is 0.757 bits per heavy atom. The first-order valence-electron chi connectivity index (χ1n) is 23.7. The van der Waals surface area contributed by atoms with Crippen molar-refractivity contribution in [2.45, 2.75) is 5.41 Å². The zero-order valence-electron chi connectivity index (χ0n) is 37.3. The fourth-order valence-electron chi connectivity index (χ4n) is 12.2. The Bertz CT molecular complexity index is 4400. The van der Waals surface area contributed by atoms with Crippen LogP contribution in [0.15, 0.2) is 217 Å². The zero-order chi connectivity index (χ0) is 45.7. The molecule has 0 unspecified atom stereocenters. The van der Waals surface area contributed by atoms with Crippen LogP contribution in [0.3, 0.4) is 0 Å². The van der Waals surface area contributed by atoms with Gasteiger partial charge in [-0.3, -0.25) is 0 Å². The van der Waals surface area contributed by atoms with Gasteiger partial charge in [0.2, 0.25) is 0 Å². The van der Waals surface area contributed by atoms with Gasteiger partial charge in [0.1, 0.15) is 11.2 Å². The van der Waals surface area contributed by atoms with Crippen LogP contribution in [0.2, 0.25) is 0 Å². The number of fused-ring (bicyclic) bond motifs is 19. The van der Waals surface area contributed by atoms with Crippen LogP contribution >= 0.6 is 22.7 Å². The molecule has 0 atom stereocenters. The molecule has 6 heteroatoms. The Kier molecular flexibility index (Phi) is 7.82. The first-order chi connectivity index (χ1) is 34.7. The summed E-state index contributed by atoms with van der Waals surface area (Å²) in [5.74, 6) is 1.87. The lowest BCUT2D eigenvalue weighted by Gasteiger charge is -2.30. The second kappa shape index (κ2) is 14.2. The van der Waals surface area contributed by atoms with E-state index in [2.05, 4.69) is 212 Å². The van der Waals surface area contributed by atoms with Gasteiger partial charge in [0.25, 0.3) is 0 Å². The van der Waals surface area contributed by atoms with Gasteiger partial charge < -0.3 is 4.42 Å². The molecular formula is C64H35N3OS2. The monoisotopic (exact) mass is 925 g/mol. The number of aromatic nitrogens is 3. The lowest BCUT2D eigenvalue weighted by atomic mass is 9.70. The number of hydrogen-bond acceptors (Lipinski definition) is 6. The summed E-state index contributed by atoms with van der Waals surface area (Å²) < 4.78 is 11.6. The minimum absolute atomic E-state index is 0.428. The molecule has 14 aromatic rings. The van der Waals surface area contributed by atoms with Crippen LogP contribution in [0.5, 0.6) is 0 Å². The van der Waals surface area contributed by atoms with Crippen LogP contribution in [0.25, 0.3) is 130 Å². The summed E-state index contributed by atoms with van der Waals surface area (Å²) in [6, 6.07) is 77.1. The van der Waals surface area contributed by atoms with Crippen molar-refractivity contribution in [1.29, 1.82) is 0 Å². The van der Waals surface area contributed by atoms with Crippen LogP contribution in [-0.2, 0) is 5.41 Å². The van der Waals surface area contributed by atoms with Gasteiger partial charge in [-0.05, 0) is 98.1 Å². The minimum atomic E-state index is -0.428. The number of nitrogens with zero attached hydrogens (tertiary/aromatic N) is 3. The van der Waals surface area contributed by atoms with Crippen LogP contribution in [0.4, 0.5) is 0 Å². The zero-order valence-corrected chi connectivity index (χ0v) is 38.9. The Balaban J connectivity index is 0.940. The molecule has 0 radical (unpaired) electrons. The highest BCUT2D eigenvalue weighted by atomic mass is 32.1. The van der Waals surface area contributed by atoms with Crippen molar-refractivity contribution in [3.05, 3.63) is 235 Å². The first kappa shape index (κ1) is 38.4. The van der Waals surface area contributed by atoms with E-state index in [0.717, 1.165) is 55.0 Å². The summed E-state index contributed by atoms with van der Waals surface area (Å²) in [4.78, 5) is 16.4. The molecular weight excluding hydrogens is 891 g/mol. The van der Waals surface area contributed by atoms with Crippen molar-refractivity contribution < 1.29 is 4.42 Å². The van der Waals surface area contributed by atoms with Crippen molar-refractivity contribution in [2.24, 2.45) is 0 Å². The van der Waals surface area contributed by atoms with Gasteiger partial charge in [-0.1, -0.05) is 170 Å². The Morgan fingerprint density at radius 1 is 0.314 bits per heavy atom. The summed E-state index contributed by atoms with van der Waals surface area (Å²) in [6.45, 7) is 0. The van der Waals surface area contributed by atoms with E-state index in [4.69, 9.17) is 19.4 Å². The van der Waals surface area contributed by atoms with E-state index in [-0.39, 0.29) is 0 Å². The molecule has 4 heterocycles. The second-order valence-electron chi connectivity index (χ2n) is 18.5. The van der Waals surface area contributed by atoms with Gasteiger partial charge in [0.15, 0.2) is 17.5 Å². The molecule has 2 aliphatic rings. The van der Waals surface area contributed by atoms with Crippen molar-refractivity contribution in [3.63, 3.8) is 0 Å². The molecule has 324 valence electrons. The molecule has 70 heavy (non-hydrogen) atoms. The van der Waals surface area contributed by atoms with E-state index in [9.17, 15) is 0 Å². The highest BCUT2D eigenvalue weighted by Crippen LogP contribution is 2.64. The average molecular weight is 926 g/mol. The Labute approximate surface area is 409 Å². The molecule has 16 rings (SSSR count). The van der Waals surface area contributed by atoms with Crippen molar-refractivity contribution >= 4 is 85.0 Å². The summed E-state index contributed by atoms with van der Waals surface area (Å²) >= 11 is 3.60. The summed E-state index contributed by atoms with van der Waals surface area (Å²) in [5.41, 5.74) is 16.8. The van der Waals surface area contributed by atoms with Crippen LogP contribution in [0.1, 0.15) is 22.3 Å². The fraction of sp³-hybridized carbons (Fsp3) is 0.0156. The summed E-state index contributed by atoms with van der Waals surface area (Å²) in [5, 5.41) is 6.70. The molecule has 0 aliphatic heterocycles. The summed E-state index contributed by atoms with van der Waals surface area (Å²) in [7, 11) is 0. The third-order valence-corrected chi connectivity index (χ3v) is 17.3. The third-order valence-electron chi connectivity index (χ3n) is 15.0. The Hall–Kier alpha value is -8.55. The highest BCUT2D eigenvalue weighted by Gasteiger charge is 2.52. The lowest BCUT2D eigenvalue weighted by molar-refractivity contribution is 0.669. The van der Waals surface area contributed by atoms with Gasteiger partial charge in [0, 0.05) is 67.8 Å². The number of thiophene rings is 2. The fourth-order valence-corrected chi connectivity index (χ4v) is 14.5. The molecule has 0 N–H and O–H groups in total. The predicted octanol–water partition coefficient (Wildman–Crippen LogP) is 17.5. The van der Waals surface area contributed by atoms with Crippen molar-refractivity contribution in [3.8, 4) is 67.5 Å². The molecule has 0 amide bonds. The van der Waals surface area contributed by atoms with E-state index in [0.29, 0.717) is 17.5 Å². The standard InChI is InChI=1S/C64H35N3OS2/c1-6-24-47-38(15-1)39-16-2-7-25-48(39)64(47)49-26-8-3-17-40(49)57-37(20-11-27-50(57)64)36-33-34-51-46(35-36)58-43(21-12-28-52(58)68-51)61-65-62(44-22-13-31-55-59(44)41-18-4-9-29-53(41)69-55)67-63(66-61)45-23-14-32-56-60(45)42-19-5-10-30-54(42)70-56/h1-35H. The van der Waals surface area contributed by atoms with Crippen molar-refractivity contribution in [2.75, 3.05) is 0 Å². The quantitative estimate of drug-likeness (QED) is 0.176. The van der Waals surface area contributed by atoms with Gasteiger partial charge in [0.05, 0.1) is 5.41 Å². The van der Waals surface area contributed by atoms with Gasteiger partial charge in [-0.15, -0.1) is 22.7 Å². The molecule has 0 saturated heterocycles. The predicted molar refractivity (Wildman–Crippen MR) is 291 cm³/mol. The van der Waals surface area contributed by atoms with Gasteiger partial charge in [-0.25, -0.2) is 15.0 Å². The number of rotatable bonds is 4. The first-order valence-corrected chi connectivity index (χ1v) is 25.3. The van der Waals surface area contributed by atoms with Crippen LogP contribution < -0.4 is 0 Å². The normalized spacial score (nSPS) is 13.3. The van der Waals surface area contributed by atoms with Gasteiger partial charge in [-0.2, -0.15) is 0 Å². The Morgan fingerprint density at radius 3 is 1.37 bits per heavy atom. The highest BCUT2D eigenvalue weighted by molar-refractivity contribution is 7.26. The average Bonchev–Trinajstić information content (AvgIpc) is 4.23. The molecule has 4 nitrogen and oxygen atoms in total. The van der Waals surface area contributed by atoms with Crippen LogP contribution in [-0.4, -0.2) is 15.0 Å². The number of benzene rings is 10. The lowest BCUT2D eigenvalue weighted by Crippen LogP contribution is -2.25. The summed E-state index contributed by atoms with van der Waals surface area (Å²) in [6.07, 6.45) is 0. The topological polar surface area (TPSA) is 51.8 Å². The molecule has 1 spiro atoms.